The van der Waals surface area contributed by atoms with E-state index in [1.54, 1.807) is 0 Å². The summed E-state index contributed by atoms with van der Waals surface area (Å²) in [6, 6.07) is 8.21. The summed E-state index contributed by atoms with van der Waals surface area (Å²) in [6.07, 6.45) is 2.50. The molecule has 1 aromatic rings. The number of carbonyl (C=O) groups is 1. The van der Waals surface area contributed by atoms with Gasteiger partial charge < -0.3 is 5.32 Å². The van der Waals surface area contributed by atoms with Crippen LogP contribution in [0.5, 0.6) is 0 Å². The summed E-state index contributed by atoms with van der Waals surface area (Å²) in [5.74, 6) is -3.57. The van der Waals surface area contributed by atoms with Crippen LogP contribution in [0, 0.1) is 12.8 Å². The van der Waals surface area contributed by atoms with Crippen LogP contribution >= 0.6 is 0 Å². The molecular formula is C16H19F2NO. The van der Waals surface area contributed by atoms with Gasteiger partial charge in [-0.15, -0.1) is 0 Å². The third kappa shape index (κ3) is 3.00. The molecular weight excluding hydrogens is 260 g/mol. The largest absolute Gasteiger partial charge is 0.350 e. The summed E-state index contributed by atoms with van der Waals surface area (Å²) in [7, 11) is 0. The van der Waals surface area contributed by atoms with Crippen LogP contribution in [0.25, 0.3) is 0 Å². The number of rotatable bonds is 5. The molecule has 0 spiro atoms. The van der Waals surface area contributed by atoms with Gasteiger partial charge in [-0.1, -0.05) is 29.8 Å². The summed E-state index contributed by atoms with van der Waals surface area (Å²) in [5, 5.41) is 2.97. The molecule has 4 heteroatoms. The molecule has 2 fully saturated rings. The minimum Gasteiger partial charge on any atom is -0.350 e. The first-order chi connectivity index (χ1) is 9.39. The predicted octanol–water partition coefficient (Wildman–Crippen LogP) is 3.23. The van der Waals surface area contributed by atoms with Crippen molar-refractivity contribution < 1.29 is 13.6 Å². The summed E-state index contributed by atoms with van der Waals surface area (Å²) >= 11 is 0. The van der Waals surface area contributed by atoms with Crippen molar-refractivity contribution in [2.45, 2.75) is 50.5 Å². The zero-order chi connectivity index (χ0) is 14.4. The van der Waals surface area contributed by atoms with Crippen LogP contribution in [0.15, 0.2) is 24.3 Å². The van der Waals surface area contributed by atoms with Crippen LogP contribution in [-0.2, 0) is 11.2 Å². The van der Waals surface area contributed by atoms with E-state index in [2.05, 4.69) is 11.4 Å². The second-order valence-electron chi connectivity index (χ2n) is 6.36. The SMILES string of the molecule is Cc1cccc(CC2(NC(=O)CC3CC3(F)F)CC2)c1. The van der Waals surface area contributed by atoms with Gasteiger partial charge >= 0.3 is 0 Å². The van der Waals surface area contributed by atoms with Crippen LogP contribution in [-0.4, -0.2) is 17.4 Å². The maximum atomic E-state index is 12.8. The van der Waals surface area contributed by atoms with Crippen molar-refractivity contribution in [3.63, 3.8) is 0 Å². The molecule has 108 valence electrons. The van der Waals surface area contributed by atoms with E-state index in [0.29, 0.717) is 0 Å². The molecule has 2 aliphatic carbocycles. The van der Waals surface area contributed by atoms with E-state index in [-0.39, 0.29) is 24.3 Å². The fourth-order valence-corrected chi connectivity index (χ4v) is 2.77. The highest BCUT2D eigenvalue weighted by Gasteiger charge is 2.57. The standard InChI is InChI=1S/C16H19F2NO/c1-11-3-2-4-12(7-11)9-15(5-6-15)19-14(20)8-13-10-16(13,17)18/h2-4,7,13H,5-6,8-10H2,1H3,(H,19,20). The van der Waals surface area contributed by atoms with E-state index in [1.807, 2.05) is 25.1 Å². The number of carbonyl (C=O) groups excluding carboxylic acids is 1. The topological polar surface area (TPSA) is 29.1 Å². The Balaban J connectivity index is 1.55. The lowest BCUT2D eigenvalue weighted by molar-refractivity contribution is -0.123. The molecule has 0 radical (unpaired) electrons. The van der Waals surface area contributed by atoms with E-state index in [1.165, 1.54) is 11.1 Å². The zero-order valence-electron chi connectivity index (χ0n) is 11.6. The Morgan fingerprint density at radius 2 is 2.10 bits per heavy atom. The fraction of sp³-hybridized carbons (Fsp3) is 0.562. The summed E-state index contributed by atoms with van der Waals surface area (Å²) in [4.78, 5) is 11.8. The molecule has 2 nitrogen and oxygen atoms in total. The van der Waals surface area contributed by atoms with Crippen LogP contribution in [0.3, 0.4) is 0 Å². The van der Waals surface area contributed by atoms with Gasteiger partial charge in [0.15, 0.2) is 0 Å². The Kier molecular flexibility index (Phi) is 3.07. The van der Waals surface area contributed by atoms with Gasteiger partial charge in [-0.2, -0.15) is 0 Å². The Morgan fingerprint density at radius 3 is 2.65 bits per heavy atom. The van der Waals surface area contributed by atoms with Gasteiger partial charge in [0.05, 0.1) is 0 Å². The zero-order valence-corrected chi connectivity index (χ0v) is 11.6. The second-order valence-corrected chi connectivity index (χ2v) is 6.36. The van der Waals surface area contributed by atoms with Crippen molar-refractivity contribution in [2.24, 2.45) is 5.92 Å². The molecule has 0 heterocycles. The molecule has 2 saturated carbocycles. The van der Waals surface area contributed by atoms with Crippen molar-refractivity contribution >= 4 is 5.91 Å². The van der Waals surface area contributed by atoms with Crippen molar-refractivity contribution in [3.8, 4) is 0 Å². The fourth-order valence-electron chi connectivity index (χ4n) is 2.77. The number of amides is 1. The first-order valence-electron chi connectivity index (χ1n) is 7.13. The van der Waals surface area contributed by atoms with Gasteiger partial charge in [0.1, 0.15) is 0 Å². The first kappa shape index (κ1) is 13.5. The second kappa shape index (κ2) is 4.54. The minimum absolute atomic E-state index is 0.0391. The van der Waals surface area contributed by atoms with Crippen molar-refractivity contribution in [3.05, 3.63) is 35.4 Å². The molecule has 20 heavy (non-hydrogen) atoms. The molecule has 2 aliphatic rings. The van der Waals surface area contributed by atoms with Crippen molar-refractivity contribution in [1.82, 2.24) is 5.32 Å². The number of aryl methyl sites for hydroxylation is 1. The number of alkyl halides is 2. The quantitative estimate of drug-likeness (QED) is 0.881. The Hall–Kier alpha value is -1.45. The van der Waals surface area contributed by atoms with Gasteiger partial charge in [0.25, 0.3) is 5.92 Å². The van der Waals surface area contributed by atoms with Gasteiger partial charge in [-0.05, 0) is 31.7 Å². The number of hydrogen-bond acceptors (Lipinski definition) is 1. The summed E-state index contributed by atoms with van der Waals surface area (Å²) in [6.45, 7) is 2.04. The monoisotopic (exact) mass is 279 g/mol. The van der Waals surface area contributed by atoms with Gasteiger partial charge in [0.2, 0.25) is 5.91 Å². The third-order valence-electron chi connectivity index (χ3n) is 4.27. The van der Waals surface area contributed by atoms with Crippen LogP contribution in [0.4, 0.5) is 8.78 Å². The van der Waals surface area contributed by atoms with Gasteiger partial charge in [-0.3, -0.25) is 4.79 Å². The highest BCUT2D eigenvalue weighted by molar-refractivity contribution is 5.78. The highest BCUT2D eigenvalue weighted by Crippen LogP contribution is 2.51. The molecule has 1 aromatic carbocycles. The first-order valence-corrected chi connectivity index (χ1v) is 7.13. The number of halogens is 2. The normalized spacial score (nSPS) is 25.1. The number of nitrogens with one attached hydrogen (secondary N) is 1. The molecule has 1 unspecified atom stereocenters. The highest BCUT2D eigenvalue weighted by atomic mass is 19.3. The van der Waals surface area contributed by atoms with Crippen LogP contribution < -0.4 is 5.32 Å². The molecule has 1 N–H and O–H groups in total. The average Bonchev–Trinajstić information content (AvgIpc) is 3.19. The Bertz CT molecular complexity index is 537. The van der Waals surface area contributed by atoms with E-state index in [4.69, 9.17) is 0 Å². The maximum Gasteiger partial charge on any atom is 0.252 e. The van der Waals surface area contributed by atoms with Crippen molar-refractivity contribution in [1.29, 1.82) is 0 Å². The predicted molar refractivity (Wildman–Crippen MR) is 72.7 cm³/mol. The number of benzene rings is 1. The molecule has 1 amide bonds. The van der Waals surface area contributed by atoms with E-state index in [9.17, 15) is 13.6 Å². The van der Waals surface area contributed by atoms with Crippen LogP contribution in [0.2, 0.25) is 0 Å². The lowest BCUT2D eigenvalue weighted by Gasteiger charge is -2.18. The minimum atomic E-state index is -2.61. The lowest BCUT2D eigenvalue weighted by Crippen LogP contribution is -2.38. The molecule has 3 rings (SSSR count). The van der Waals surface area contributed by atoms with E-state index < -0.39 is 11.8 Å². The molecule has 0 aliphatic heterocycles. The molecule has 0 bridgehead atoms. The molecule has 0 saturated heterocycles. The van der Waals surface area contributed by atoms with Crippen molar-refractivity contribution in [2.75, 3.05) is 0 Å². The number of hydrogen-bond donors (Lipinski definition) is 1. The smallest absolute Gasteiger partial charge is 0.252 e. The lowest BCUT2D eigenvalue weighted by atomic mass is 10.0. The Labute approximate surface area is 117 Å². The third-order valence-corrected chi connectivity index (χ3v) is 4.27. The maximum absolute atomic E-state index is 12.8. The van der Waals surface area contributed by atoms with Crippen LogP contribution in [0.1, 0.15) is 36.8 Å². The van der Waals surface area contributed by atoms with E-state index in [0.717, 1.165) is 19.3 Å². The van der Waals surface area contributed by atoms with Gasteiger partial charge in [-0.25, -0.2) is 8.78 Å². The Morgan fingerprint density at radius 1 is 1.40 bits per heavy atom. The van der Waals surface area contributed by atoms with E-state index >= 15 is 0 Å². The average molecular weight is 279 g/mol. The summed E-state index contributed by atoms with van der Waals surface area (Å²) < 4.78 is 25.6. The molecule has 0 aromatic heterocycles. The summed E-state index contributed by atoms with van der Waals surface area (Å²) in [5.41, 5.74) is 2.21. The molecule has 1 atom stereocenters. The van der Waals surface area contributed by atoms with Gasteiger partial charge in [0, 0.05) is 24.3 Å².